The lowest BCUT2D eigenvalue weighted by molar-refractivity contribution is 0.0557. The second kappa shape index (κ2) is 6.33. The van der Waals surface area contributed by atoms with Crippen LogP contribution < -0.4 is 10.6 Å². The van der Waals surface area contributed by atoms with Gasteiger partial charge in [0.2, 0.25) is 0 Å². The lowest BCUT2D eigenvalue weighted by Crippen LogP contribution is -2.38. The number of terminal acetylenes is 1. The maximum absolute atomic E-state index is 12.1. The standard InChI is InChI=1S/C16H20N2O2/c1-3-10-20-16(19)14-11-13(17)7-8-15(14)18-9-5-4-6-12(18)2/h1,7-8,11-12H,4-6,9-10,17H2,2H3. The number of carbonyl (C=O) groups is 1. The minimum atomic E-state index is -0.414. The second-order valence-corrected chi connectivity index (χ2v) is 5.10. The zero-order chi connectivity index (χ0) is 14.5. The normalized spacial score (nSPS) is 18.4. The van der Waals surface area contributed by atoms with Gasteiger partial charge in [-0.05, 0) is 44.4 Å². The average molecular weight is 272 g/mol. The Kier molecular flexibility index (Phi) is 4.52. The molecule has 1 heterocycles. The van der Waals surface area contributed by atoms with E-state index >= 15 is 0 Å². The zero-order valence-corrected chi connectivity index (χ0v) is 11.8. The highest BCUT2D eigenvalue weighted by molar-refractivity contribution is 5.97. The van der Waals surface area contributed by atoms with Crippen LogP contribution in [0.25, 0.3) is 0 Å². The van der Waals surface area contributed by atoms with Gasteiger partial charge in [-0.25, -0.2) is 4.79 Å². The lowest BCUT2D eigenvalue weighted by atomic mass is 10.0. The van der Waals surface area contributed by atoms with Gasteiger partial charge in [-0.15, -0.1) is 6.42 Å². The number of benzene rings is 1. The number of esters is 1. The number of piperidine rings is 1. The molecule has 1 aromatic carbocycles. The fourth-order valence-electron chi connectivity index (χ4n) is 2.61. The van der Waals surface area contributed by atoms with Crippen LogP contribution in [0.15, 0.2) is 18.2 Å². The molecule has 1 aromatic rings. The van der Waals surface area contributed by atoms with Crippen molar-refractivity contribution in [3.8, 4) is 12.3 Å². The number of hydrogen-bond acceptors (Lipinski definition) is 4. The van der Waals surface area contributed by atoms with Crippen molar-refractivity contribution >= 4 is 17.3 Å². The van der Waals surface area contributed by atoms with E-state index in [1.807, 2.05) is 12.1 Å². The van der Waals surface area contributed by atoms with Crippen LogP contribution in [0.5, 0.6) is 0 Å². The third-order valence-electron chi connectivity index (χ3n) is 3.64. The molecule has 1 atom stereocenters. The van der Waals surface area contributed by atoms with Crippen molar-refractivity contribution < 1.29 is 9.53 Å². The third kappa shape index (κ3) is 3.05. The van der Waals surface area contributed by atoms with Crippen molar-refractivity contribution in [2.45, 2.75) is 32.2 Å². The minimum Gasteiger partial charge on any atom is -0.449 e. The van der Waals surface area contributed by atoms with E-state index < -0.39 is 5.97 Å². The van der Waals surface area contributed by atoms with Gasteiger partial charge in [-0.1, -0.05) is 5.92 Å². The Hall–Kier alpha value is -2.15. The van der Waals surface area contributed by atoms with Crippen LogP contribution in [-0.2, 0) is 4.74 Å². The molecule has 0 aliphatic carbocycles. The SMILES string of the molecule is C#CCOC(=O)c1cc(N)ccc1N1CCCCC1C. The Morgan fingerprint density at radius 2 is 2.35 bits per heavy atom. The Morgan fingerprint density at radius 3 is 3.05 bits per heavy atom. The molecule has 1 unspecified atom stereocenters. The molecule has 0 spiro atoms. The first-order valence-corrected chi connectivity index (χ1v) is 6.90. The van der Waals surface area contributed by atoms with Crippen molar-refractivity contribution in [2.75, 3.05) is 23.8 Å². The van der Waals surface area contributed by atoms with Gasteiger partial charge in [-0.2, -0.15) is 0 Å². The number of nitrogens with two attached hydrogens (primary N) is 1. The molecule has 4 nitrogen and oxygen atoms in total. The zero-order valence-electron chi connectivity index (χ0n) is 11.8. The Morgan fingerprint density at radius 1 is 1.55 bits per heavy atom. The summed E-state index contributed by atoms with van der Waals surface area (Å²) < 4.78 is 5.04. The molecule has 1 fully saturated rings. The molecule has 0 bridgehead atoms. The average Bonchev–Trinajstić information content (AvgIpc) is 2.45. The fraction of sp³-hybridized carbons (Fsp3) is 0.438. The summed E-state index contributed by atoms with van der Waals surface area (Å²) in [5.74, 6) is 1.89. The molecular formula is C16H20N2O2. The maximum Gasteiger partial charge on any atom is 0.341 e. The maximum atomic E-state index is 12.1. The summed E-state index contributed by atoms with van der Waals surface area (Å²) in [6.45, 7) is 3.09. The van der Waals surface area contributed by atoms with Crippen molar-refractivity contribution in [2.24, 2.45) is 0 Å². The highest BCUT2D eigenvalue weighted by Gasteiger charge is 2.24. The molecule has 0 amide bonds. The van der Waals surface area contributed by atoms with Gasteiger partial charge < -0.3 is 15.4 Å². The van der Waals surface area contributed by atoms with Gasteiger partial charge in [0.25, 0.3) is 0 Å². The molecular weight excluding hydrogens is 252 g/mol. The summed E-state index contributed by atoms with van der Waals surface area (Å²) in [6, 6.07) is 5.78. The highest BCUT2D eigenvalue weighted by atomic mass is 16.5. The van der Waals surface area contributed by atoms with E-state index in [4.69, 9.17) is 16.9 Å². The quantitative estimate of drug-likeness (QED) is 0.521. The number of rotatable bonds is 3. The van der Waals surface area contributed by atoms with Crippen LogP contribution >= 0.6 is 0 Å². The molecule has 2 rings (SSSR count). The van der Waals surface area contributed by atoms with Gasteiger partial charge in [0, 0.05) is 18.3 Å². The summed E-state index contributed by atoms with van der Waals surface area (Å²) in [5, 5.41) is 0. The first-order chi connectivity index (χ1) is 9.63. The van der Waals surface area contributed by atoms with E-state index in [1.165, 1.54) is 6.42 Å². The topological polar surface area (TPSA) is 55.6 Å². The van der Waals surface area contributed by atoms with Gasteiger partial charge in [0.05, 0.1) is 11.3 Å². The number of nitrogen functional groups attached to an aromatic ring is 1. The van der Waals surface area contributed by atoms with E-state index in [1.54, 1.807) is 6.07 Å². The summed E-state index contributed by atoms with van der Waals surface area (Å²) in [5.41, 5.74) is 7.72. The van der Waals surface area contributed by atoms with E-state index in [0.29, 0.717) is 17.3 Å². The molecule has 0 radical (unpaired) electrons. The van der Waals surface area contributed by atoms with E-state index in [9.17, 15) is 4.79 Å². The summed E-state index contributed by atoms with van der Waals surface area (Å²) >= 11 is 0. The van der Waals surface area contributed by atoms with Crippen LogP contribution in [0, 0.1) is 12.3 Å². The molecule has 20 heavy (non-hydrogen) atoms. The molecule has 1 aliphatic rings. The van der Waals surface area contributed by atoms with Crippen LogP contribution in [0.3, 0.4) is 0 Å². The van der Waals surface area contributed by atoms with Crippen LogP contribution in [-0.4, -0.2) is 25.2 Å². The predicted molar refractivity (Wildman–Crippen MR) is 80.6 cm³/mol. The van der Waals surface area contributed by atoms with Crippen molar-refractivity contribution in [1.82, 2.24) is 0 Å². The summed E-state index contributed by atoms with van der Waals surface area (Å²) in [4.78, 5) is 14.4. The van der Waals surface area contributed by atoms with Gasteiger partial charge in [-0.3, -0.25) is 0 Å². The van der Waals surface area contributed by atoms with Gasteiger partial charge in [0.15, 0.2) is 6.61 Å². The van der Waals surface area contributed by atoms with Gasteiger partial charge >= 0.3 is 5.97 Å². The highest BCUT2D eigenvalue weighted by Crippen LogP contribution is 2.29. The summed E-state index contributed by atoms with van der Waals surface area (Å²) in [6.07, 6.45) is 8.61. The van der Waals surface area contributed by atoms with Crippen molar-refractivity contribution in [1.29, 1.82) is 0 Å². The molecule has 1 saturated heterocycles. The second-order valence-electron chi connectivity index (χ2n) is 5.10. The molecule has 4 heteroatoms. The van der Waals surface area contributed by atoms with E-state index in [0.717, 1.165) is 25.1 Å². The molecule has 2 N–H and O–H groups in total. The smallest absolute Gasteiger partial charge is 0.341 e. The van der Waals surface area contributed by atoms with Crippen LogP contribution in [0.2, 0.25) is 0 Å². The van der Waals surface area contributed by atoms with Gasteiger partial charge in [0.1, 0.15) is 0 Å². The molecule has 0 aromatic heterocycles. The molecule has 106 valence electrons. The largest absolute Gasteiger partial charge is 0.449 e. The Labute approximate surface area is 119 Å². The number of nitrogens with zero attached hydrogens (tertiary/aromatic N) is 1. The number of hydrogen-bond donors (Lipinski definition) is 1. The lowest BCUT2D eigenvalue weighted by Gasteiger charge is -2.36. The Balaban J connectivity index is 2.32. The summed E-state index contributed by atoms with van der Waals surface area (Å²) in [7, 11) is 0. The van der Waals surface area contributed by atoms with Crippen LogP contribution in [0.1, 0.15) is 36.5 Å². The van der Waals surface area contributed by atoms with E-state index in [2.05, 4.69) is 17.7 Å². The third-order valence-corrected chi connectivity index (χ3v) is 3.64. The number of carbonyl (C=O) groups excluding carboxylic acids is 1. The first kappa shape index (κ1) is 14.3. The molecule has 0 saturated carbocycles. The van der Waals surface area contributed by atoms with Crippen molar-refractivity contribution in [3.63, 3.8) is 0 Å². The monoisotopic (exact) mass is 272 g/mol. The number of ether oxygens (including phenoxy) is 1. The van der Waals surface area contributed by atoms with Crippen LogP contribution in [0.4, 0.5) is 11.4 Å². The minimum absolute atomic E-state index is 0.0252. The first-order valence-electron chi connectivity index (χ1n) is 6.90. The fourth-order valence-corrected chi connectivity index (χ4v) is 2.61. The molecule has 1 aliphatic heterocycles. The number of anilines is 2. The van der Waals surface area contributed by atoms with Crippen molar-refractivity contribution in [3.05, 3.63) is 23.8 Å². The predicted octanol–water partition coefficient (Wildman–Crippen LogP) is 2.44. The Bertz CT molecular complexity index is 534. The van der Waals surface area contributed by atoms with E-state index in [-0.39, 0.29) is 6.61 Å².